The van der Waals surface area contributed by atoms with Crippen LogP contribution in [0, 0.1) is 0 Å². The van der Waals surface area contributed by atoms with Gasteiger partial charge >= 0.3 is 0 Å². The molecule has 2 amide bonds. The summed E-state index contributed by atoms with van der Waals surface area (Å²) in [6.07, 6.45) is 4.66. The number of hydrogen-bond donors (Lipinski definition) is 1. The smallest absolute Gasteiger partial charge is 0.261 e. The van der Waals surface area contributed by atoms with Crippen molar-refractivity contribution in [1.82, 2.24) is 10.3 Å². The van der Waals surface area contributed by atoms with Gasteiger partial charge in [0.15, 0.2) is 0 Å². The SMILES string of the molecule is CCCN1C(=O)c2cccnc2Sc2cc(C(=O)NCC3CCCO3)ccc21. The van der Waals surface area contributed by atoms with Crippen molar-refractivity contribution < 1.29 is 14.3 Å². The molecule has 2 aromatic rings. The lowest BCUT2D eigenvalue weighted by atomic mass is 10.1. The Hall–Kier alpha value is -2.38. The number of amides is 2. The van der Waals surface area contributed by atoms with Crippen LogP contribution in [0.4, 0.5) is 5.69 Å². The summed E-state index contributed by atoms with van der Waals surface area (Å²) >= 11 is 1.43. The number of carbonyl (C=O) groups is 2. The van der Waals surface area contributed by atoms with Crippen LogP contribution in [0.15, 0.2) is 46.5 Å². The van der Waals surface area contributed by atoms with Crippen molar-refractivity contribution in [1.29, 1.82) is 0 Å². The zero-order valence-corrected chi connectivity index (χ0v) is 16.6. The molecule has 6 nitrogen and oxygen atoms in total. The van der Waals surface area contributed by atoms with Gasteiger partial charge in [-0.3, -0.25) is 9.59 Å². The zero-order chi connectivity index (χ0) is 19.5. The van der Waals surface area contributed by atoms with Crippen LogP contribution in [-0.4, -0.2) is 42.6 Å². The first-order chi connectivity index (χ1) is 13.7. The summed E-state index contributed by atoms with van der Waals surface area (Å²) in [5.41, 5.74) is 2.00. The molecule has 4 rings (SSSR count). The second kappa shape index (κ2) is 8.32. The van der Waals surface area contributed by atoms with Crippen molar-refractivity contribution in [3.63, 3.8) is 0 Å². The van der Waals surface area contributed by atoms with Gasteiger partial charge in [0.2, 0.25) is 0 Å². The van der Waals surface area contributed by atoms with E-state index in [-0.39, 0.29) is 17.9 Å². The molecule has 0 saturated carbocycles. The number of anilines is 1. The molecule has 28 heavy (non-hydrogen) atoms. The van der Waals surface area contributed by atoms with E-state index >= 15 is 0 Å². The van der Waals surface area contributed by atoms with E-state index in [1.54, 1.807) is 29.3 Å². The van der Waals surface area contributed by atoms with Gasteiger partial charge in [-0.05, 0) is 49.6 Å². The number of hydrogen-bond acceptors (Lipinski definition) is 5. The average Bonchev–Trinajstić information content (AvgIpc) is 3.20. The van der Waals surface area contributed by atoms with Crippen LogP contribution >= 0.6 is 11.8 Å². The fourth-order valence-electron chi connectivity index (χ4n) is 3.51. The monoisotopic (exact) mass is 397 g/mol. The zero-order valence-electron chi connectivity index (χ0n) is 15.8. The molecular weight excluding hydrogens is 374 g/mol. The molecule has 0 radical (unpaired) electrons. The van der Waals surface area contributed by atoms with E-state index in [0.29, 0.717) is 29.2 Å². The van der Waals surface area contributed by atoms with E-state index in [0.717, 1.165) is 36.5 Å². The molecule has 1 atom stereocenters. The minimum absolute atomic E-state index is 0.0493. The fraction of sp³-hybridized carbons (Fsp3) is 0.381. The number of nitrogens with zero attached hydrogens (tertiary/aromatic N) is 2. The number of ether oxygens (including phenoxy) is 1. The highest BCUT2D eigenvalue weighted by Crippen LogP contribution is 2.40. The Kier molecular flexibility index (Phi) is 5.64. The molecule has 2 aliphatic heterocycles. The molecule has 3 heterocycles. The summed E-state index contributed by atoms with van der Waals surface area (Å²) in [6, 6.07) is 9.08. The molecule has 1 aromatic heterocycles. The Balaban J connectivity index is 1.62. The second-order valence-electron chi connectivity index (χ2n) is 6.94. The van der Waals surface area contributed by atoms with Crippen LogP contribution in [-0.2, 0) is 4.74 Å². The molecule has 1 fully saturated rings. The Morgan fingerprint density at radius 2 is 2.29 bits per heavy atom. The third-order valence-electron chi connectivity index (χ3n) is 4.93. The van der Waals surface area contributed by atoms with Gasteiger partial charge in [0.1, 0.15) is 5.03 Å². The van der Waals surface area contributed by atoms with Crippen molar-refractivity contribution in [2.24, 2.45) is 0 Å². The number of nitrogens with one attached hydrogen (secondary N) is 1. The Morgan fingerprint density at radius 1 is 1.39 bits per heavy atom. The van der Waals surface area contributed by atoms with Crippen LogP contribution in [0.1, 0.15) is 46.9 Å². The van der Waals surface area contributed by atoms with Crippen LogP contribution in [0.2, 0.25) is 0 Å². The number of benzene rings is 1. The van der Waals surface area contributed by atoms with Crippen LogP contribution in [0.25, 0.3) is 0 Å². The molecule has 1 N–H and O–H groups in total. The van der Waals surface area contributed by atoms with E-state index in [4.69, 9.17) is 4.74 Å². The summed E-state index contributed by atoms with van der Waals surface area (Å²) in [5, 5.41) is 3.63. The summed E-state index contributed by atoms with van der Waals surface area (Å²) in [7, 11) is 0. The molecule has 2 aliphatic rings. The number of carbonyl (C=O) groups excluding carboxylic acids is 2. The predicted octanol–water partition coefficient (Wildman–Crippen LogP) is 3.51. The number of pyridine rings is 1. The van der Waals surface area contributed by atoms with E-state index in [1.807, 2.05) is 19.1 Å². The van der Waals surface area contributed by atoms with Gasteiger partial charge in [-0.15, -0.1) is 0 Å². The minimum atomic E-state index is -0.127. The van der Waals surface area contributed by atoms with Gasteiger partial charge in [-0.2, -0.15) is 0 Å². The first kappa shape index (κ1) is 19.0. The molecule has 1 aromatic carbocycles. The number of rotatable bonds is 5. The first-order valence-electron chi connectivity index (χ1n) is 9.66. The minimum Gasteiger partial charge on any atom is -0.376 e. The molecule has 7 heteroatoms. The maximum absolute atomic E-state index is 13.0. The van der Waals surface area contributed by atoms with Gasteiger partial charge in [-0.1, -0.05) is 18.7 Å². The van der Waals surface area contributed by atoms with Crippen molar-refractivity contribution >= 4 is 29.3 Å². The van der Waals surface area contributed by atoms with E-state index in [2.05, 4.69) is 10.3 Å². The van der Waals surface area contributed by atoms with Gasteiger partial charge in [-0.25, -0.2) is 4.98 Å². The van der Waals surface area contributed by atoms with Crippen molar-refractivity contribution in [3.8, 4) is 0 Å². The maximum atomic E-state index is 13.0. The summed E-state index contributed by atoms with van der Waals surface area (Å²) in [6.45, 7) is 3.95. The number of fused-ring (bicyclic) bond motifs is 2. The highest BCUT2D eigenvalue weighted by Gasteiger charge is 2.28. The maximum Gasteiger partial charge on any atom is 0.261 e. The average molecular weight is 398 g/mol. The normalized spacial score (nSPS) is 18.4. The molecule has 1 unspecified atom stereocenters. The molecular formula is C21H23N3O3S. The molecule has 1 saturated heterocycles. The molecule has 0 aliphatic carbocycles. The lowest BCUT2D eigenvalue weighted by molar-refractivity contribution is 0.0857. The second-order valence-corrected chi connectivity index (χ2v) is 7.97. The van der Waals surface area contributed by atoms with Crippen LogP contribution in [0.5, 0.6) is 0 Å². The Bertz CT molecular complexity index is 896. The third kappa shape index (κ3) is 3.77. The Labute approximate surface area is 168 Å². The topological polar surface area (TPSA) is 71.5 Å². The molecule has 146 valence electrons. The van der Waals surface area contributed by atoms with Crippen LogP contribution in [0.3, 0.4) is 0 Å². The highest BCUT2D eigenvalue weighted by atomic mass is 32.2. The predicted molar refractivity (Wildman–Crippen MR) is 108 cm³/mol. The molecule has 0 bridgehead atoms. The molecule has 0 spiro atoms. The lowest BCUT2D eigenvalue weighted by Crippen LogP contribution is -2.32. The largest absolute Gasteiger partial charge is 0.376 e. The number of aromatic nitrogens is 1. The van der Waals surface area contributed by atoms with Gasteiger partial charge in [0.05, 0.1) is 17.4 Å². The quantitative estimate of drug-likeness (QED) is 0.836. The van der Waals surface area contributed by atoms with Crippen molar-refractivity contribution in [2.45, 2.75) is 42.2 Å². The summed E-state index contributed by atoms with van der Waals surface area (Å²) in [5.74, 6) is -0.176. The van der Waals surface area contributed by atoms with Crippen molar-refractivity contribution in [3.05, 3.63) is 47.7 Å². The lowest BCUT2D eigenvalue weighted by Gasteiger charge is -2.22. The highest BCUT2D eigenvalue weighted by molar-refractivity contribution is 7.99. The summed E-state index contributed by atoms with van der Waals surface area (Å²) in [4.78, 5) is 32.7. The first-order valence-corrected chi connectivity index (χ1v) is 10.5. The standard InChI is InChI=1S/C21H23N3O3S/c1-2-10-24-17-8-7-14(19(25)23-13-15-5-4-11-27-15)12-18(17)28-20-16(21(24)26)6-3-9-22-20/h3,6-9,12,15H,2,4-5,10-11,13H2,1H3,(H,23,25). The van der Waals surface area contributed by atoms with Gasteiger partial charge in [0.25, 0.3) is 11.8 Å². The van der Waals surface area contributed by atoms with Gasteiger partial charge in [0, 0.05) is 36.4 Å². The fourth-order valence-corrected chi connectivity index (χ4v) is 4.57. The van der Waals surface area contributed by atoms with E-state index in [9.17, 15) is 9.59 Å². The summed E-state index contributed by atoms with van der Waals surface area (Å²) < 4.78 is 5.57. The van der Waals surface area contributed by atoms with E-state index in [1.165, 1.54) is 11.8 Å². The van der Waals surface area contributed by atoms with E-state index < -0.39 is 0 Å². The Morgan fingerprint density at radius 3 is 3.07 bits per heavy atom. The van der Waals surface area contributed by atoms with Gasteiger partial charge < -0.3 is 15.0 Å². The van der Waals surface area contributed by atoms with Crippen molar-refractivity contribution in [2.75, 3.05) is 24.6 Å². The van der Waals surface area contributed by atoms with Crippen LogP contribution < -0.4 is 10.2 Å². The third-order valence-corrected chi connectivity index (χ3v) is 5.99.